The van der Waals surface area contributed by atoms with Crippen molar-refractivity contribution in [2.45, 2.75) is 18.5 Å². The lowest BCUT2D eigenvalue weighted by atomic mass is 9.82. The van der Waals surface area contributed by atoms with Crippen LogP contribution in [0.25, 0.3) is 0 Å². The second kappa shape index (κ2) is 8.49. The number of fused-ring (bicyclic) bond motifs is 3. The molecule has 5 rings (SSSR count). The van der Waals surface area contributed by atoms with Gasteiger partial charge in [0.1, 0.15) is 5.82 Å². The first kappa shape index (κ1) is 20.3. The van der Waals surface area contributed by atoms with E-state index in [0.29, 0.717) is 17.7 Å². The number of anilines is 1. The van der Waals surface area contributed by atoms with E-state index in [2.05, 4.69) is 17.2 Å². The van der Waals surface area contributed by atoms with E-state index >= 15 is 0 Å². The molecule has 32 heavy (non-hydrogen) atoms. The molecule has 0 bridgehead atoms. The van der Waals surface area contributed by atoms with Crippen LogP contribution in [0.2, 0.25) is 0 Å². The summed E-state index contributed by atoms with van der Waals surface area (Å²) in [6.07, 6.45) is 0.820. The molecule has 3 aromatic rings. The summed E-state index contributed by atoms with van der Waals surface area (Å²) in [5.41, 5.74) is 3.99. The number of nitrogens with zero attached hydrogens (tertiary/aromatic N) is 1. The first-order valence-corrected chi connectivity index (χ1v) is 10.8. The Morgan fingerprint density at radius 2 is 1.81 bits per heavy atom. The zero-order valence-corrected chi connectivity index (χ0v) is 17.5. The second-order valence-corrected chi connectivity index (χ2v) is 8.26. The van der Waals surface area contributed by atoms with Crippen LogP contribution in [0.1, 0.15) is 39.5 Å². The van der Waals surface area contributed by atoms with Crippen LogP contribution in [0.15, 0.2) is 72.8 Å². The van der Waals surface area contributed by atoms with E-state index in [1.807, 2.05) is 53.4 Å². The molecule has 160 valence electrons. The predicted octanol–water partition coefficient (Wildman–Crippen LogP) is 4.22. The molecule has 2 N–H and O–H groups in total. The van der Waals surface area contributed by atoms with Gasteiger partial charge in [-0.05, 0) is 60.5 Å². The van der Waals surface area contributed by atoms with Gasteiger partial charge in [-0.15, -0.1) is 0 Å². The third-order valence-electron chi connectivity index (χ3n) is 6.33. The number of carbonyl (C=O) groups is 1. The fraction of sp³-hybridized carbons (Fsp3) is 0.222. The van der Waals surface area contributed by atoms with Gasteiger partial charge in [0.05, 0.1) is 18.7 Å². The van der Waals surface area contributed by atoms with Gasteiger partial charge in [0.15, 0.2) is 0 Å². The van der Waals surface area contributed by atoms with Gasteiger partial charge >= 0.3 is 0 Å². The molecular weight excluding hydrogens is 403 g/mol. The number of aliphatic hydroxyl groups excluding tert-OH is 1. The molecule has 3 aromatic carbocycles. The molecule has 0 aliphatic carbocycles. The quantitative estimate of drug-likeness (QED) is 0.604. The number of nitrogens with one attached hydrogen (secondary N) is 1. The molecule has 2 heterocycles. The summed E-state index contributed by atoms with van der Waals surface area (Å²) in [7, 11) is 0. The molecule has 0 aromatic heterocycles. The summed E-state index contributed by atoms with van der Waals surface area (Å²) < 4.78 is 13.5. The van der Waals surface area contributed by atoms with E-state index in [-0.39, 0.29) is 36.3 Å². The lowest BCUT2D eigenvalue weighted by molar-refractivity contribution is 0.0701. The van der Waals surface area contributed by atoms with Crippen molar-refractivity contribution in [3.8, 4) is 11.8 Å². The Hall–Kier alpha value is -3.62. The topological polar surface area (TPSA) is 52.6 Å². The van der Waals surface area contributed by atoms with E-state index < -0.39 is 0 Å². The Morgan fingerprint density at radius 3 is 2.56 bits per heavy atom. The first-order valence-electron chi connectivity index (χ1n) is 10.8. The van der Waals surface area contributed by atoms with Gasteiger partial charge in [0, 0.05) is 34.8 Å². The largest absolute Gasteiger partial charge is 0.394 e. The van der Waals surface area contributed by atoms with Gasteiger partial charge < -0.3 is 15.3 Å². The number of halogens is 1. The van der Waals surface area contributed by atoms with Gasteiger partial charge in [-0.25, -0.2) is 4.39 Å². The molecule has 5 heteroatoms. The summed E-state index contributed by atoms with van der Waals surface area (Å²) in [6, 6.07) is 21.2. The Bertz CT molecular complexity index is 1220. The molecule has 0 saturated carbocycles. The highest BCUT2D eigenvalue weighted by Gasteiger charge is 2.45. The molecule has 1 fully saturated rings. The Kier molecular flexibility index (Phi) is 5.38. The zero-order chi connectivity index (χ0) is 22.1. The molecule has 1 saturated heterocycles. The molecule has 0 spiro atoms. The van der Waals surface area contributed by atoms with Crippen molar-refractivity contribution in [3.63, 3.8) is 0 Å². The summed E-state index contributed by atoms with van der Waals surface area (Å²) in [6.45, 7) is 0.648. The highest BCUT2D eigenvalue weighted by atomic mass is 19.1. The van der Waals surface area contributed by atoms with Gasteiger partial charge in [-0.3, -0.25) is 4.79 Å². The summed E-state index contributed by atoms with van der Waals surface area (Å²) in [5.74, 6) is 5.94. The van der Waals surface area contributed by atoms with Crippen LogP contribution in [-0.2, 0) is 0 Å². The van der Waals surface area contributed by atoms with Crippen molar-refractivity contribution in [1.82, 2.24) is 4.90 Å². The van der Waals surface area contributed by atoms with Crippen molar-refractivity contribution in [2.75, 3.05) is 18.5 Å². The SMILES string of the molecule is O=C(c1ccccc1)N1CC[C@H]2[C@H](CO)Nc3ccc(C#Cc4cccc(F)c4)cc3[C@H]21. The van der Waals surface area contributed by atoms with Crippen LogP contribution in [0, 0.1) is 23.6 Å². The normalized spacial score (nSPS) is 21.1. The molecule has 0 unspecified atom stereocenters. The third kappa shape index (κ3) is 3.74. The van der Waals surface area contributed by atoms with E-state index in [1.54, 1.807) is 12.1 Å². The van der Waals surface area contributed by atoms with Crippen molar-refractivity contribution in [3.05, 3.63) is 101 Å². The van der Waals surface area contributed by atoms with Crippen LogP contribution in [0.3, 0.4) is 0 Å². The van der Waals surface area contributed by atoms with Crippen LogP contribution in [0.4, 0.5) is 10.1 Å². The maximum absolute atomic E-state index is 13.5. The van der Waals surface area contributed by atoms with E-state index in [1.165, 1.54) is 12.1 Å². The van der Waals surface area contributed by atoms with Crippen LogP contribution >= 0.6 is 0 Å². The average molecular weight is 426 g/mol. The number of likely N-dealkylation sites (tertiary alicyclic amines) is 1. The van der Waals surface area contributed by atoms with E-state index in [0.717, 1.165) is 23.2 Å². The van der Waals surface area contributed by atoms with Gasteiger partial charge in [0.25, 0.3) is 5.91 Å². The number of hydrogen-bond acceptors (Lipinski definition) is 3. The highest BCUT2D eigenvalue weighted by molar-refractivity contribution is 5.95. The number of aliphatic hydroxyl groups is 1. The van der Waals surface area contributed by atoms with Crippen LogP contribution < -0.4 is 5.32 Å². The standard InChI is InChI=1S/C27H23FN2O2/c28-21-8-4-5-18(15-21)9-10-19-11-12-24-23(16-19)26-22(25(17-31)29-24)13-14-30(26)27(32)20-6-2-1-3-7-20/h1-8,11-12,15-16,22,25-26,29,31H,13-14,17H2/t22-,25-,26-/m0/s1. The zero-order valence-electron chi connectivity index (χ0n) is 17.5. The Labute approximate surface area is 186 Å². The molecule has 3 atom stereocenters. The van der Waals surface area contributed by atoms with Crippen molar-refractivity contribution in [2.24, 2.45) is 5.92 Å². The van der Waals surface area contributed by atoms with Crippen LogP contribution in [0.5, 0.6) is 0 Å². The number of carbonyl (C=O) groups excluding carboxylic acids is 1. The number of benzene rings is 3. The average Bonchev–Trinajstić information content (AvgIpc) is 3.28. The molecule has 2 aliphatic heterocycles. The maximum Gasteiger partial charge on any atom is 0.254 e. The molecule has 1 amide bonds. The van der Waals surface area contributed by atoms with Crippen molar-refractivity contribution in [1.29, 1.82) is 0 Å². The van der Waals surface area contributed by atoms with E-state index in [9.17, 15) is 14.3 Å². The molecule has 2 aliphatic rings. The number of rotatable bonds is 2. The number of hydrogen-bond donors (Lipinski definition) is 2. The summed E-state index contributed by atoms with van der Waals surface area (Å²) >= 11 is 0. The van der Waals surface area contributed by atoms with Crippen LogP contribution in [-0.4, -0.2) is 35.1 Å². The van der Waals surface area contributed by atoms with Gasteiger partial charge in [-0.2, -0.15) is 0 Å². The fourth-order valence-corrected chi connectivity index (χ4v) is 4.83. The predicted molar refractivity (Wildman–Crippen MR) is 122 cm³/mol. The second-order valence-electron chi connectivity index (χ2n) is 8.26. The number of amides is 1. The minimum absolute atomic E-state index is 0.00103. The van der Waals surface area contributed by atoms with Gasteiger partial charge in [-0.1, -0.05) is 36.1 Å². The smallest absolute Gasteiger partial charge is 0.254 e. The maximum atomic E-state index is 13.5. The molecule has 0 radical (unpaired) electrons. The summed E-state index contributed by atoms with van der Waals surface area (Å²) in [5, 5.41) is 13.4. The minimum Gasteiger partial charge on any atom is -0.394 e. The third-order valence-corrected chi connectivity index (χ3v) is 6.33. The summed E-state index contributed by atoms with van der Waals surface area (Å²) in [4.78, 5) is 15.2. The van der Waals surface area contributed by atoms with Crippen molar-refractivity contribution < 1.29 is 14.3 Å². The first-order chi connectivity index (χ1) is 15.6. The lowest BCUT2D eigenvalue weighted by Crippen LogP contribution is -2.42. The molecule has 4 nitrogen and oxygen atoms in total. The molecular formula is C27H23FN2O2. The van der Waals surface area contributed by atoms with Gasteiger partial charge in [0.2, 0.25) is 0 Å². The highest BCUT2D eigenvalue weighted by Crippen LogP contribution is 2.47. The van der Waals surface area contributed by atoms with E-state index in [4.69, 9.17) is 0 Å². The minimum atomic E-state index is -0.314. The Morgan fingerprint density at radius 1 is 1.03 bits per heavy atom. The monoisotopic (exact) mass is 426 g/mol. The van der Waals surface area contributed by atoms with Crippen molar-refractivity contribution >= 4 is 11.6 Å². The fourth-order valence-electron chi connectivity index (χ4n) is 4.83. The Balaban J connectivity index is 1.52. The lowest BCUT2D eigenvalue weighted by Gasteiger charge is -2.39.